The van der Waals surface area contributed by atoms with Crippen molar-refractivity contribution in [2.75, 3.05) is 5.33 Å². The van der Waals surface area contributed by atoms with Crippen LogP contribution in [0.5, 0.6) is 0 Å². The van der Waals surface area contributed by atoms with Gasteiger partial charge in [-0.05, 0) is 68.2 Å². The van der Waals surface area contributed by atoms with Gasteiger partial charge in [0, 0.05) is 10.2 Å². The zero-order chi connectivity index (χ0) is 12.8. The molecule has 0 N–H and O–H groups in total. The molecule has 0 heterocycles. The second-order valence-electron chi connectivity index (χ2n) is 4.41. The summed E-state index contributed by atoms with van der Waals surface area (Å²) in [6, 6.07) is 2.28. The molecule has 0 saturated carbocycles. The lowest BCUT2D eigenvalue weighted by Crippen LogP contribution is -1.92. The van der Waals surface area contributed by atoms with Crippen molar-refractivity contribution in [2.45, 2.75) is 45.4 Å². The molecule has 0 radical (unpaired) electrons. The quantitative estimate of drug-likeness (QED) is 0.382. The summed E-state index contributed by atoms with van der Waals surface area (Å²) in [4.78, 5) is 1.43. The van der Waals surface area contributed by atoms with Crippen LogP contribution in [0.2, 0.25) is 0 Å². The molecule has 0 spiro atoms. The van der Waals surface area contributed by atoms with E-state index in [0.717, 1.165) is 11.8 Å². The van der Waals surface area contributed by atoms with Gasteiger partial charge in [0.15, 0.2) is 0 Å². The van der Waals surface area contributed by atoms with Crippen LogP contribution in [0.25, 0.3) is 0 Å². The van der Waals surface area contributed by atoms with Gasteiger partial charge in [-0.15, -0.1) is 0 Å². The van der Waals surface area contributed by atoms with Gasteiger partial charge in [-0.1, -0.05) is 39.8 Å². The van der Waals surface area contributed by atoms with Crippen LogP contribution in [0, 0.1) is 27.7 Å². The first-order valence-electron chi connectivity index (χ1n) is 6.03. The number of rotatable bonds is 5. The number of halogens is 1. The van der Waals surface area contributed by atoms with E-state index in [1.54, 1.807) is 0 Å². The van der Waals surface area contributed by atoms with E-state index in [-0.39, 0.29) is 0 Å². The number of unbranched alkanes of at least 4 members (excludes halogenated alkanes) is 1. The van der Waals surface area contributed by atoms with Crippen LogP contribution in [0.3, 0.4) is 0 Å². The fraction of sp³-hybridized carbons (Fsp3) is 0.467. The van der Waals surface area contributed by atoms with E-state index in [1.165, 1.54) is 33.6 Å². The summed E-state index contributed by atoms with van der Waals surface area (Å²) in [7, 11) is 0. The van der Waals surface area contributed by atoms with Crippen LogP contribution < -0.4 is 0 Å². The highest BCUT2D eigenvalue weighted by molar-refractivity contribution is 9.09. The van der Waals surface area contributed by atoms with Gasteiger partial charge in [-0.2, -0.15) is 0 Å². The molecule has 0 aromatic heterocycles. The van der Waals surface area contributed by atoms with Crippen molar-refractivity contribution in [1.82, 2.24) is 0 Å². The largest absolute Gasteiger partial charge is 0.0978 e. The Kier molecular flexibility index (Phi) is 6.35. The minimum atomic E-state index is 1.09. The summed E-state index contributed by atoms with van der Waals surface area (Å²) in [6.07, 6.45) is 4.63. The van der Waals surface area contributed by atoms with Crippen molar-refractivity contribution in [3.8, 4) is 0 Å². The molecule has 1 aromatic rings. The van der Waals surface area contributed by atoms with Crippen LogP contribution in [-0.2, 0) is 0 Å². The summed E-state index contributed by atoms with van der Waals surface area (Å²) in [5, 5.41) is 3.32. The Morgan fingerprint density at radius 1 is 1.12 bits per heavy atom. The molecule has 0 atom stereocenters. The molecule has 0 saturated heterocycles. The van der Waals surface area contributed by atoms with Crippen LogP contribution in [-0.4, -0.2) is 5.33 Å². The Morgan fingerprint density at radius 3 is 2.24 bits per heavy atom. The van der Waals surface area contributed by atoms with E-state index in [2.05, 4.69) is 61.2 Å². The number of hydrogen-bond donors (Lipinski definition) is 0. The van der Waals surface area contributed by atoms with Crippen molar-refractivity contribution in [3.05, 3.63) is 39.8 Å². The number of benzene rings is 1. The molecule has 17 heavy (non-hydrogen) atoms. The molecule has 0 amide bonds. The van der Waals surface area contributed by atoms with Crippen LogP contribution >= 0.6 is 27.7 Å². The molecule has 1 aromatic carbocycles. The fourth-order valence-electron chi connectivity index (χ4n) is 1.74. The summed E-state index contributed by atoms with van der Waals surface area (Å²) in [5.74, 6) is 0. The zero-order valence-corrected chi connectivity index (χ0v) is 13.5. The molecule has 0 bridgehead atoms. The third-order valence-electron chi connectivity index (χ3n) is 3.08. The van der Waals surface area contributed by atoms with E-state index in [9.17, 15) is 0 Å². The van der Waals surface area contributed by atoms with Crippen LogP contribution in [0.1, 0.15) is 35.1 Å². The van der Waals surface area contributed by atoms with E-state index in [1.807, 2.05) is 11.8 Å². The van der Waals surface area contributed by atoms with Crippen LogP contribution in [0.15, 0.2) is 22.4 Å². The van der Waals surface area contributed by atoms with Crippen molar-refractivity contribution in [3.63, 3.8) is 0 Å². The number of allylic oxidation sites excluding steroid dienone is 1. The molecule has 0 aliphatic carbocycles. The average Bonchev–Trinajstić information content (AvgIpc) is 2.30. The zero-order valence-electron chi connectivity index (χ0n) is 11.1. The lowest BCUT2D eigenvalue weighted by atomic mass is 10.0. The molecule has 0 nitrogen and oxygen atoms in total. The maximum Gasteiger partial charge on any atom is 0.0179 e. The average molecular weight is 313 g/mol. The lowest BCUT2D eigenvalue weighted by molar-refractivity contribution is 0.981. The Balaban J connectivity index is 2.80. The Bertz CT molecular complexity index is 382. The minimum absolute atomic E-state index is 1.09. The Labute approximate surface area is 118 Å². The predicted molar refractivity (Wildman–Crippen MR) is 83.4 cm³/mol. The smallest absolute Gasteiger partial charge is 0.0179 e. The van der Waals surface area contributed by atoms with Crippen molar-refractivity contribution >= 4 is 27.7 Å². The summed E-state index contributed by atoms with van der Waals surface area (Å²) >= 11 is 5.30. The number of hydrogen-bond acceptors (Lipinski definition) is 1. The third kappa shape index (κ3) is 4.18. The molecule has 0 unspecified atom stereocenters. The highest BCUT2D eigenvalue weighted by Gasteiger charge is 2.07. The van der Waals surface area contributed by atoms with Gasteiger partial charge < -0.3 is 0 Å². The van der Waals surface area contributed by atoms with Crippen LogP contribution in [0.4, 0.5) is 0 Å². The van der Waals surface area contributed by atoms with Crippen molar-refractivity contribution < 1.29 is 0 Å². The molecule has 0 fully saturated rings. The monoisotopic (exact) mass is 312 g/mol. The number of aryl methyl sites for hydroxylation is 2. The molecule has 1 rings (SSSR count). The second kappa shape index (κ2) is 7.27. The summed E-state index contributed by atoms with van der Waals surface area (Å²) in [6.45, 7) is 8.83. The van der Waals surface area contributed by atoms with Gasteiger partial charge in [0.2, 0.25) is 0 Å². The highest BCUT2D eigenvalue weighted by atomic mass is 79.9. The summed E-state index contributed by atoms with van der Waals surface area (Å²) in [5.41, 5.74) is 5.63. The van der Waals surface area contributed by atoms with E-state index in [4.69, 9.17) is 0 Å². The molecular formula is C15H21BrS. The van der Waals surface area contributed by atoms with Gasteiger partial charge in [0.05, 0.1) is 0 Å². The van der Waals surface area contributed by atoms with E-state index in [0.29, 0.717) is 0 Å². The van der Waals surface area contributed by atoms with Gasteiger partial charge in [-0.3, -0.25) is 0 Å². The fourth-order valence-corrected chi connectivity index (χ4v) is 3.10. The van der Waals surface area contributed by atoms with Gasteiger partial charge in [-0.25, -0.2) is 0 Å². The first-order chi connectivity index (χ1) is 8.07. The second-order valence-corrected chi connectivity index (χ2v) is 6.12. The van der Waals surface area contributed by atoms with E-state index < -0.39 is 0 Å². The maximum atomic E-state index is 3.45. The molecular weight excluding hydrogens is 292 g/mol. The third-order valence-corrected chi connectivity index (χ3v) is 4.82. The molecule has 0 aliphatic rings. The first kappa shape index (κ1) is 14.8. The normalized spacial score (nSPS) is 11.4. The molecule has 0 aliphatic heterocycles. The van der Waals surface area contributed by atoms with Crippen molar-refractivity contribution in [2.24, 2.45) is 0 Å². The summed E-state index contributed by atoms with van der Waals surface area (Å²) < 4.78 is 0. The SMILES string of the molecule is Cc1cc(C)c(C)c(S/C=C/CCCBr)c1C. The maximum absolute atomic E-state index is 3.45. The number of thioether (sulfide) groups is 1. The van der Waals surface area contributed by atoms with Crippen molar-refractivity contribution in [1.29, 1.82) is 0 Å². The first-order valence-corrected chi connectivity index (χ1v) is 8.03. The molecule has 2 heteroatoms. The lowest BCUT2D eigenvalue weighted by Gasteiger charge is -2.13. The van der Waals surface area contributed by atoms with Gasteiger partial charge >= 0.3 is 0 Å². The van der Waals surface area contributed by atoms with E-state index >= 15 is 0 Å². The topological polar surface area (TPSA) is 0 Å². The molecule has 94 valence electrons. The Morgan fingerprint density at radius 2 is 1.71 bits per heavy atom. The van der Waals surface area contributed by atoms with Gasteiger partial charge in [0.1, 0.15) is 0 Å². The minimum Gasteiger partial charge on any atom is -0.0978 e. The number of alkyl halides is 1. The predicted octanol–water partition coefficient (Wildman–Crippen LogP) is 5.70. The van der Waals surface area contributed by atoms with Gasteiger partial charge in [0.25, 0.3) is 0 Å². The standard InChI is InChI=1S/C15H21BrS/c1-11-10-12(2)14(4)15(13(11)3)17-9-7-5-6-8-16/h7,9-10H,5-6,8H2,1-4H3/b9-7+. The highest BCUT2D eigenvalue weighted by Crippen LogP contribution is 2.31. The Hall–Kier alpha value is -0.210.